The third kappa shape index (κ3) is 2.94. The van der Waals surface area contributed by atoms with E-state index in [4.69, 9.17) is 0 Å². The first-order valence-corrected chi connectivity index (χ1v) is 13.1. The average molecular weight is 428 g/mol. The molecule has 2 aliphatic carbocycles. The topological polar surface area (TPSA) is 12.0 Å². The zero-order chi connectivity index (χ0) is 21.1. The van der Waals surface area contributed by atoms with E-state index in [1.165, 1.54) is 51.9 Å². The first-order chi connectivity index (χ1) is 15.2. The highest BCUT2D eigenvalue weighted by molar-refractivity contribution is 7.20. The number of anilines is 1. The average Bonchev–Trinajstić information content (AvgIpc) is 3.29. The van der Waals surface area contributed by atoms with Crippen molar-refractivity contribution in [3.8, 4) is 0 Å². The molecule has 3 aromatic rings. The van der Waals surface area contributed by atoms with Gasteiger partial charge in [-0.1, -0.05) is 69.7 Å². The number of allylic oxidation sites excluding steroid dienone is 1. The monoisotopic (exact) mass is 427 g/mol. The van der Waals surface area contributed by atoms with Gasteiger partial charge >= 0.3 is 0 Å². The quantitative estimate of drug-likeness (QED) is 0.444. The summed E-state index contributed by atoms with van der Waals surface area (Å²) < 4.78 is 1.45. The summed E-state index contributed by atoms with van der Waals surface area (Å²) in [5.74, 6) is 3.16. The van der Waals surface area contributed by atoms with Crippen molar-refractivity contribution in [2.24, 2.45) is 17.8 Å². The number of benzene rings is 2. The number of thiophene rings is 1. The third-order valence-corrected chi connectivity index (χ3v) is 9.70. The molecule has 0 bridgehead atoms. The van der Waals surface area contributed by atoms with Crippen LogP contribution in [0.25, 0.3) is 16.2 Å². The minimum Gasteiger partial charge on any atom is -0.382 e. The summed E-state index contributed by atoms with van der Waals surface area (Å²) in [6.07, 6.45) is 10.0. The maximum atomic E-state index is 4.00. The molecule has 6 unspecified atom stereocenters. The number of fused-ring (bicyclic) bond motifs is 6. The van der Waals surface area contributed by atoms with Gasteiger partial charge in [0, 0.05) is 21.3 Å². The van der Waals surface area contributed by atoms with Crippen LogP contribution in [0.15, 0.2) is 48.5 Å². The Morgan fingerprint density at radius 3 is 2.71 bits per heavy atom. The molecule has 0 spiro atoms. The summed E-state index contributed by atoms with van der Waals surface area (Å²) in [6, 6.07) is 16.8. The van der Waals surface area contributed by atoms with Crippen molar-refractivity contribution >= 4 is 33.2 Å². The van der Waals surface area contributed by atoms with Gasteiger partial charge in [-0.15, -0.1) is 11.3 Å². The lowest BCUT2D eigenvalue weighted by molar-refractivity contribution is 0.403. The molecular weight excluding hydrogens is 394 g/mol. The Labute approximate surface area is 190 Å². The Balaban J connectivity index is 1.45. The molecule has 1 aliphatic heterocycles. The number of hydrogen-bond acceptors (Lipinski definition) is 2. The number of aryl methyl sites for hydroxylation is 1. The molecular formula is C29H33NS. The van der Waals surface area contributed by atoms with E-state index in [0.717, 1.165) is 0 Å². The van der Waals surface area contributed by atoms with Crippen LogP contribution in [0, 0.1) is 17.8 Å². The summed E-state index contributed by atoms with van der Waals surface area (Å²) in [4.78, 5) is 1.50. The number of hydrogen-bond donors (Lipinski definition) is 1. The summed E-state index contributed by atoms with van der Waals surface area (Å²) >= 11 is 1.98. The number of rotatable bonds is 3. The van der Waals surface area contributed by atoms with E-state index in [1.54, 1.807) is 11.1 Å². The lowest BCUT2D eigenvalue weighted by Crippen LogP contribution is -2.27. The van der Waals surface area contributed by atoms with E-state index in [-0.39, 0.29) is 0 Å². The fourth-order valence-electron chi connectivity index (χ4n) is 6.97. The van der Waals surface area contributed by atoms with Crippen molar-refractivity contribution in [2.45, 2.75) is 64.3 Å². The van der Waals surface area contributed by atoms with Crippen LogP contribution in [0.1, 0.15) is 73.4 Å². The van der Waals surface area contributed by atoms with Crippen LogP contribution < -0.4 is 5.32 Å². The van der Waals surface area contributed by atoms with E-state index < -0.39 is 0 Å². The Hall–Kier alpha value is -2.06. The highest BCUT2D eigenvalue weighted by atomic mass is 32.1. The summed E-state index contributed by atoms with van der Waals surface area (Å²) in [5.41, 5.74) is 6.23. The van der Waals surface area contributed by atoms with Crippen molar-refractivity contribution in [2.75, 3.05) is 5.32 Å². The molecule has 3 aliphatic rings. The maximum absolute atomic E-state index is 4.00. The molecule has 31 heavy (non-hydrogen) atoms. The van der Waals surface area contributed by atoms with Crippen LogP contribution in [0.3, 0.4) is 0 Å². The molecule has 160 valence electrons. The van der Waals surface area contributed by atoms with Crippen LogP contribution in [0.2, 0.25) is 0 Å². The van der Waals surface area contributed by atoms with Crippen molar-refractivity contribution in [3.05, 3.63) is 70.1 Å². The fourth-order valence-corrected chi connectivity index (χ4v) is 8.14. The highest BCUT2D eigenvalue weighted by Crippen LogP contribution is 2.61. The van der Waals surface area contributed by atoms with Gasteiger partial charge in [0.1, 0.15) is 0 Å². The largest absolute Gasteiger partial charge is 0.382 e. The van der Waals surface area contributed by atoms with Crippen molar-refractivity contribution in [1.82, 2.24) is 0 Å². The molecule has 1 saturated carbocycles. The molecule has 0 amide bonds. The standard InChI is InChI=1S/C29H33NS/c1-4-8-20-14-13-19-9-7-11-23(29(19)30-20)26-17(2)18(3)27-22(26)15-16-25-28(27)21-10-5-6-12-24(21)31-25/h5-7,9-12,15-18,20,22,26-27,30H,4,8,13-14H2,1-3H3. The maximum Gasteiger partial charge on any atom is 0.0410 e. The third-order valence-electron chi connectivity index (χ3n) is 8.55. The predicted molar refractivity (Wildman–Crippen MR) is 135 cm³/mol. The predicted octanol–water partition coefficient (Wildman–Crippen LogP) is 8.22. The van der Waals surface area contributed by atoms with Gasteiger partial charge in [-0.05, 0) is 83.1 Å². The van der Waals surface area contributed by atoms with Crippen molar-refractivity contribution in [3.63, 3.8) is 0 Å². The van der Waals surface area contributed by atoms with Crippen molar-refractivity contribution in [1.29, 1.82) is 0 Å². The van der Waals surface area contributed by atoms with Crippen LogP contribution >= 0.6 is 11.3 Å². The second-order valence-corrected chi connectivity index (χ2v) is 11.2. The van der Waals surface area contributed by atoms with E-state index >= 15 is 0 Å². The van der Waals surface area contributed by atoms with Gasteiger partial charge in [-0.25, -0.2) is 0 Å². The second kappa shape index (κ2) is 7.52. The molecule has 0 radical (unpaired) electrons. The molecule has 1 aromatic heterocycles. The first kappa shape index (κ1) is 19.6. The lowest BCUT2D eigenvalue weighted by atomic mass is 9.75. The highest BCUT2D eigenvalue weighted by Gasteiger charge is 2.49. The van der Waals surface area contributed by atoms with Crippen LogP contribution in [0.4, 0.5) is 5.69 Å². The molecule has 1 nitrogen and oxygen atoms in total. The van der Waals surface area contributed by atoms with Crippen LogP contribution in [-0.4, -0.2) is 6.04 Å². The van der Waals surface area contributed by atoms with Crippen LogP contribution in [-0.2, 0) is 6.42 Å². The lowest BCUT2D eigenvalue weighted by Gasteiger charge is -2.33. The fraction of sp³-hybridized carbons (Fsp3) is 0.448. The van der Waals surface area contributed by atoms with E-state index in [0.29, 0.717) is 35.6 Å². The molecule has 0 saturated heterocycles. The molecule has 6 rings (SSSR count). The molecule has 2 heteroatoms. The van der Waals surface area contributed by atoms with Crippen LogP contribution in [0.5, 0.6) is 0 Å². The minimum atomic E-state index is 0.589. The molecule has 2 heterocycles. The molecule has 1 fully saturated rings. The Morgan fingerprint density at radius 1 is 1.00 bits per heavy atom. The minimum absolute atomic E-state index is 0.589. The van der Waals surface area contributed by atoms with E-state index in [1.807, 2.05) is 11.3 Å². The number of para-hydroxylation sites is 1. The van der Waals surface area contributed by atoms with Gasteiger partial charge in [0.15, 0.2) is 0 Å². The summed E-state index contributed by atoms with van der Waals surface area (Å²) in [7, 11) is 0. The Bertz CT molecular complexity index is 1150. The zero-order valence-corrected chi connectivity index (χ0v) is 19.7. The first-order valence-electron chi connectivity index (χ1n) is 12.2. The normalized spacial score (nSPS) is 31.2. The molecule has 6 atom stereocenters. The van der Waals surface area contributed by atoms with Gasteiger partial charge < -0.3 is 5.32 Å². The number of nitrogens with one attached hydrogen (secondary N) is 1. The van der Waals surface area contributed by atoms with E-state index in [2.05, 4.69) is 80.7 Å². The summed E-state index contributed by atoms with van der Waals surface area (Å²) in [5, 5.41) is 5.49. The second-order valence-electron chi connectivity index (χ2n) is 10.1. The molecule has 1 N–H and O–H groups in total. The smallest absolute Gasteiger partial charge is 0.0410 e. The van der Waals surface area contributed by atoms with Crippen molar-refractivity contribution < 1.29 is 0 Å². The SMILES string of the molecule is CCCC1CCc2cccc(C3C(C)C(C)C4c5c(sc6ccccc56)C=CC34)c2N1. The van der Waals surface area contributed by atoms with Gasteiger partial charge in [0.25, 0.3) is 0 Å². The Morgan fingerprint density at radius 2 is 1.84 bits per heavy atom. The van der Waals surface area contributed by atoms with E-state index in [9.17, 15) is 0 Å². The molecule has 2 aromatic carbocycles. The zero-order valence-electron chi connectivity index (χ0n) is 18.9. The van der Waals surface area contributed by atoms with Gasteiger partial charge in [0.05, 0.1) is 0 Å². The van der Waals surface area contributed by atoms with Gasteiger partial charge in [-0.3, -0.25) is 0 Å². The summed E-state index contributed by atoms with van der Waals surface area (Å²) in [6.45, 7) is 7.34. The van der Waals surface area contributed by atoms with Gasteiger partial charge in [0.2, 0.25) is 0 Å². The van der Waals surface area contributed by atoms with Gasteiger partial charge in [-0.2, -0.15) is 0 Å². The Kier molecular flexibility index (Phi) is 4.76.